The van der Waals surface area contributed by atoms with Crippen LogP contribution in [0.5, 0.6) is 0 Å². The first-order chi connectivity index (χ1) is 9.76. The Bertz CT molecular complexity index is 532. The molecule has 0 radical (unpaired) electrons. The highest BCUT2D eigenvalue weighted by Crippen LogP contribution is 2.47. The first-order valence-corrected chi connectivity index (χ1v) is 8.52. The molecule has 0 spiro atoms. The van der Waals surface area contributed by atoms with Crippen LogP contribution >= 0.6 is 15.9 Å². The van der Waals surface area contributed by atoms with Gasteiger partial charge in [-0.25, -0.2) is 9.97 Å². The van der Waals surface area contributed by atoms with E-state index in [2.05, 4.69) is 28.2 Å². The second-order valence-electron chi connectivity index (χ2n) is 6.15. The number of nitrogens with zero attached hydrogens (tertiary/aromatic N) is 2. The molecule has 1 aromatic rings. The molecule has 4 nitrogen and oxygen atoms in total. The van der Waals surface area contributed by atoms with Crippen molar-refractivity contribution in [2.24, 2.45) is 0 Å². The Morgan fingerprint density at radius 1 is 1.25 bits per heavy atom. The highest BCUT2D eigenvalue weighted by Gasteiger charge is 2.43. The fourth-order valence-corrected chi connectivity index (χ4v) is 4.11. The van der Waals surface area contributed by atoms with Crippen molar-refractivity contribution in [2.45, 2.75) is 63.1 Å². The van der Waals surface area contributed by atoms with E-state index in [1.165, 1.54) is 31.4 Å². The van der Waals surface area contributed by atoms with E-state index < -0.39 is 0 Å². The SMILES string of the molecule is CCNc1nc(C2CC3CCC2O3)nc(C2CC2)c1Br. The van der Waals surface area contributed by atoms with Gasteiger partial charge in [0.15, 0.2) is 0 Å². The van der Waals surface area contributed by atoms with Crippen molar-refractivity contribution in [1.29, 1.82) is 0 Å². The van der Waals surface area contributed by atoms with Gasteiger partial charge in [-0.05, 0) is 55.0 Å². The van der Waals surface area contributed by atoms with Crippen molar-refractivity contribution in [1.82, 2.24) is 9.97 Å². The van der Waals surface area contributed by atoms with Crippen molar-refractivity contribution in [3.05, 3.63) is 16.0 Å². The summed E-state index contributed by atoms with van der Waals surface area (Å²) in [6.45, 7) is 2.98. The van der Waals surface area contributed by atoms with E-state index in [9.17, 15) is 0 Å². The lowest BCUT2D eigenvalue weighted by Gasteiger charge is -2.20. The Kier molecular flexibility index (Phi) is 3.22. The van der Waals surface area contributed by atoms with Gasteiger partial charge in [-0.15, -0.1) is 0 Å². The molecule has 20 heavy (non-hydrogen) atoms. The second kappa shape index (κ2) is 4.95. The summed E-state index contributed by atoms with van der Waals surface area (Å²) in [5.74, 6) is 2.99. The van der Waals surface area contributed by atoms with Crippen molar-refractivity contribution in [3.8, 4) is 0 Å². The highest BCUT2D eigenvalue weighted by atomic mass is 79.9. The minimum absolute atomic E-state index is 0.350. The van der Waals surface area contributed by atoms with Gasteiger partial charge in [-0.3, -0.25) is 0 Å². The molecule has 1 aromatic heterocycles. The molecule has 3 atom stereocenters. The molecule has 1 saturated carbocycles. The number of ether oxygens (including phenoxy) is 1. The molecule has 0 aromatic carbocycles. The summed E-state index contributed by atoms with van der Waals surface area (Å²) in [4.78, 5) is 9.68. The lowest BCUT2D eigenvalue weighted by molar-refractivity contribution is 0.0998. The number of hydrogen-bond donors (Lipinski definition) is 1. The van der Waals surface area contributed by atoms with E-state index in [1.807, 2.05) is 0 Å². The van der Waals surface area contributed by atoms with Gasteiger partial charge >= 0.3 is 0 Å². The van der Waals surface area contributed by atoms with E-state index >= 15 is 0 Å². The zero-order valence-corrected chi connectivity index (χ0v) is 13.3. The monoisotopic (exact) mass is 337 g/mol. The molecule has 1 aliphatic carbocycles. The zero-order chi connectivity index (χ0) is 13.7. The summed E-state index contributed by atoms with van der Waals surface area (Å²) in [7, 11) is 0. The van der Waals surface area contributed by atoms with Crippen LogP contribution in [0.4, 0.5) is 5.82 Å². The van der Waals surface area contributed by atoms with E-state index in [4.69, 9.17) is 14.7 Å². The van der Waals surface area contributed by atoms with E-state index in [-0.39, 0.29) is 0 Å². The molecule has 2 bridgehead atoms. The van der Waals surface area contributed by atoms with Gasteiger partial charge in [0.25, 0.3) is 0 Å². The summed E-state index contributed by atoms with van der Waals surface area (Å²) >= 11 is 3.69. The Hall–Kier alpha value is -0.680. The Morgan fingerprint density at radius 3 is 2.70 bits per heavy atom. The third kappa shape index (κ3) is 2.15. The molecule has 4 rings (SSSR count). The smallest absolute Gasteiger partial charge is 0.144 e. The second-order valence-corrected chi connectivity index (χ2v) is 6.94. The van der Waals surface area contributed by atoms with Gasteiger partial charge in [-0.1, -0.05) is 0 Å². The molecule has 0 amide bonds. The summed E-state index contributed by atoms with van der Waals surface area (Å²) in [6.07, 6.45) is 6.80. The van der Waals surface area contributed by atoms with Crippen LogP contribution in [0.2, 0.25) is 0 Å². The first-order valence-electron chi connectivity index (χ1n) is 7.73. The van der Waals surface area contributed by atoms with Crippen LogP contribution in [0, 0.1) is 0 Å². The summed E-state index contributed by atoms with van der Waals surface area (Å²) in [5.41, 5.74) is 1.20. The van der Waals surface area contributed by atoms with Crippen molar-refractivity contribution in [2.75, 3.05) is 11.9 Å². The summed E-state index contributed by atoms with van der Waals surface area (Å²) < 4.78 is 7.04. The number of halogens is 1. The normalized spacial score (nSPS) is 31.8. The van der Waals surface area contributed by atoms with Gasteiger partial charge in [-0.2, -0.15) is 0 Å². The maximum absolute atomic E-state index is 5.97. The first kappa shape index (κ1) is 13.0. The molecule has 3 unspecified atom stereocenters. The van der Waals surface area contributed by atoms with E-state index in [0.29, 0.717) is 24.0 Å². The van der Waals surface area contributed by atoms with Gasteiger partial charge in [0.2, 0.25) is 0 Å². The molecule has 3 aliphatic rings. The van der Waals surface area contributed by atoms with Crippen molar-refractivity contribution >= 4 is 21.7 Å². The van der Waals surface area contributed by atoms with Crippen LogP contribution in [0.15, 0.2) is 4.47 Å². The number of fused-ring (bicyclic) bond motifs is 2. The molecule has 1 N–H and O–H groups in total. The number of hydrogen-bond acceptors (Lipinski definition) is 4. The maximum atomic E-state index is 5.97. The maximum Gasteiger partial charge on any atom is 0.144 e. The molecule has 5 heteroatoms. The molecule has 3 heterocycles. The van der Waals surface area contributed by atoms with Crippen LogP contribution in [-0.4, -0.2) is 28.7 Å². The molecular weight excluding hydrogens is 318 g/mol. The third-order valence-corrected chi connectivity index (χ3v) is 5.42. The van der Waals surface area contributed by atoms with Gasteiger partial charge in [0.05, 0.1) is 22.4 Å². The quantitative estimate of drug-likeness (QED) is 0.912. The Balaban J connectivity index is 1.71. The lowest BCUT2D eigenvalue weighted by Crippen LogP contribution is -2.19. The molecule has 2 saturated heterocycles. The van der Waals surface area contributed by atoms with Crippen LogP contribution in [0.3, 0.4) is 0 Å². The van der Waals surface area contributed by atoms with Gasteiger partial charge in [0.1, 0.15) is 11.6 Å². The van der Waals surface area contributed by atoms with Crippen LogP contribution < -0.4 is 5.32 Å². The highest BCUT2D eigenvalue weighted by molar-refractivity contribution is 9.10. The Labute approximate surface area is 127 Å². The minimum Gasteiger partial charge on any atom is -0.374 e. The summed E-state index contributed by atoms with van der Waals surface area (Å²) in [5, 5.41) is 3.37. The largest absolute Gasteiger partial charge is 0.374 e. The standard InChI is InChI=1S/C15H20BrN3O/c1-2-17-15-12(16)13(8-3-4-8)18-14(19-15)10-7-9-5-6-11(10)20-9/h8-11H,2-7H2,1H3,(H,17,18,19). The average molecular weight is 338 g/mol. The summed E-state index contributed by atoms with van der Waals surface area (Å²) in [6, 6.07) is 0. The number of rotatable bonds is 4. The molecule has 3 fully saturated rings. The fraction of sp³-hybridized carbons (Fsp3) is 0.733. The third-order valence-electron chi connectivity index (χ3n) is 4.64. The average Bonchev–Trinajstić information content (AvgIpc) is 3.07. The molecular formula is C15H20BrN3O. The number of aromatic nitrogens is 2. The van der Waals surface area contributed by atoms with Crippen molar-refractivity contribution < 1.29 is 4.74 Å². The minimum atomic E-state index is 0.350. The van der Waals surface area contributed by atoms with Crippen LogP contribution in [-0.2, 0) is 4.74 Å². The molecule has 108 valence electrons. The van der Waals surface area contributed by atoms with Crippen molar-refractivity contribution in [3.63, 3.8) is 0 Å². The van der Waals surface area contributed by atoms with Crippen LogP contribution in [0.1, 0.15) is 62.4 Å². The molecule has 2 aliphatic heterocycles. The Morgan fingerprint density at radius 2 is 2.10 bits per heavy atom. The number of nitrogens with one attached hydrogen (secondary N) is 1. The van der Waals surface area contributed by atoms with Gasteiger partial charge in [0, 0.05) is 18.4 Å². The predicted octanol–water partition coefficient (Wildman–Crippen LogP) is 3.58. The number of anilines is 1. The van der Waals surface area contributed by atoms with Gasteiger partial charge < -0.3 is 10.1 Å². The predicted molar refractivity (Wildman–Crippen MR) is 81.1 cm³/mol. The van der Waals surface area contributed by atoms with Crippen LogP contribution in [0.25, 0.3) is 0 Å². The zero-order valence-electron chi connectivity index (χ0n) is 11.7. The topological polar surface area (TPSA) is 47.0 Å². The fourth-order valence-electron chi connectivity index (χ4n) is 3.47. The lowest BCUT2D eigenvalue weighted by atomic mass is 9.88. The van der Waals surface area contributed by atoms with E-state index in [1.54, 1.807) is 0 Å². The van der Waals surface area contributed by atoms with E-state index in [0.717, 1.165) is 29.1 Å².